The third-order valence-corrected chi connectivity index (χ3v) is 3.89. The Hall–Kier alpha value is -1.98. The van der Waals surface area contributed by atoms with Gasteiger partial charge in [0.15, 0.2) is 11.6 Å². The van der Waals surface area contributed by atoms with Crippen LogP contribution in [0.2, 0.25) is 0 Å². The Bertz CT molecular complexity index is 566. The molecule has 1 amide bonds. The maximum atomic E-state index is 13.3. The van der Waals surface area contributed by atoms with Crippen LogP contribution >= 0.6 is 0 Å². The molecule has 2 N–H and O–H groups in total. The molecule has 0 atom stereocenters. The molecule has 1 fully saturated rings. The van der Waals surface area contributed by atoms with E-state index in [0.29, 0.717) is 18.1 Å². The van der Waals surface area contributed by atoms with Crippen LogP contribution in [0.25, 0.3) is 0 Å². The first kappa shape index (κ1) is 15.4. The van der Waals surface area contributed by atoms with Gasteiger partial charge < -0.3 is 10.4 Å². The summed E-state index contributed by atoms with van der Waals surface area (Å²) in [4.78, 5) is 23.2. The highest BCUT2D eigenvalue weighted by molar-refractivity contribution is 6.04. The Morgan fingerprint density at radius 2 is 1.62 bits per heavy atom. The minimum absolute atomic E-state index is 0.0524. The Balaban J connectivity index is 2.18. The highest BCUT2D eigenvalue weighted by atomic mass is 19.2. The normalized spacial score (nSPS) is 21.9. The van der Waals surface area contributed by atoms with Gasteiger partial charge in [0.1, 0.15) is 0 Å². The standard InChI is InChI=1S/C15H17F2NO3/c1-8-2-4-9(5-3-8)18-14(19)10-6-12(16)13(17)7-11(10)15(20)21/h6-9H,2-5H2,1H3,(H,18,19)(H,20,21). The number of carbonyl (C=O) groups excluding carboxylic acids is 1. The quantitative estimate of drug-likeness (QED) is 0.901. The summed E-state index contributed by atoms with van der Waals surface area (Å²) in [5, 5.41) is 11.7. The van der Waals surface area contributed by atoms with Crippen LogP contribution in [0.4, 0.5) is 8.78 Å². The molecule has 0 unspecified atom stereocenters. The third kappa shape index (κ3) is 3.56. The van der Waals surface area contributed by atoms with Crippen LogP contribution in [-0.2, 0) is 0 Å². The zero-order valence-corrected chi connectivity index (χ0v) is 11.7. The van der Waals surface area contributed by atoms with E-state index in [2.05, 4.69) is 12.2 Å². The van der Waals surface area contributed by atoms with E-state index in [1.165, 1.54) is 0 Å². The summed E-state index contributed by atoms with van der Waals surface area (Å²) in [7, 11) is 0. The van der Waals surface area contributed by atoms with Crippen LogP contribution in [-0.4, -0.2) is 23.0 Å². The van der Waals surface area contributed by atoms with Crippen LogP contribution in [0.5, 0.6) is 0 Å². The Morgan fingerprint density at radius 1 is 1.10 bits per heavy atom. The lowest BCUT2D eigenvalue weighted by molar-refractivity contribution is 0.0689. The summed E-state index contributed by atoms with van der Waals surface area (Å²) in [5.41, 5.74) is -0.879. The number of amides is 1. The van der Waals surface area contributed by atoms with E-state index in [0.717, 1.165) is 25.7 Å². The van der Waals surface area contributed by atoms with Crippen molar-refractivity contribution >= 4 is 11.9 Å². The smallest absolute Gasteiger partial charge is 0.336 e. The number of carboxylic acids is 1. The van der Waals surface area contributed by atoms with Crippen molar-refractivity contribution in [2.75, 3.05) is 0 Å². The average molecular weight is 297 g/mol. The molecule has 0 bridgehead atoms. The third-order valence-electron chi connectivity index (χ3n) is 3.89. The van der Waals surface area contributed by atoms with Crippen molar-refractivity contribution in [1.82, 2.24) is 5.32 Å². The van der Waals surface area contributed by atoms with Crippen molar-refractivity contribution in [3.63, 3.8) is 0 Å². The molecule has 4 nitrogen and oxygen atoms in total. The van der Waals surface area contributed by atoms with Gasteiger partial charge in [-0.15, -0.1) is 0 Å². The molecule has 2 rings (SSSR count). The van der Waals surface area contributed by atoms with Crippen LogP contribution < -0.4 is 5.32 Å². The fraction of sp³-hybridized carbons (Fsp3) is 0.467. The van der Waals surface area contributed by atoms with Gasteiger partial charge in [0, 0.05) is 6.04 Å². The second-order valence-corrected chi connectivity index (χ2v) is 5.55. The van der Waals surface area contributed by atoms with E-state index in [1.54, 1.807) is 0 Å². The fourth-order valence-electron chi connectivity index (χ4n) is 2.58. The van der Waals surface area contributed by atoms with E-state index in [-0.39, 0.29) is 11.6 Å². The number of carboxylic acid groups (broad SMARTS) is 1. The van der Waals surface area contributed by atoms with Crippen molar-refractivity contribution in [2.24, 2.45) is 5.92 Å². The van der Waals surface area contributed by atoms with Gasteiger partial charge in [-0.25, -0.2) is 13.6 Å². The summed E-state index contributed by atoms with van der Waals surface area (Å²) < 4.78 is 26.4. The molecule has 6 heteroatoms. The number of nitrogens with one attached hydrogen (secondary N) is 1. The van der Waals surface area contributed by atoms with E-state index < -0.39 is 29.1 Å². The van der Waals surface area contributed by atoms with Gasteiger partial charge in [-0.1, -0.05) is 6.92 Å². The van der Waals surface area contributed by atoms with E-state index in [4.69, 9.17) is 5.11 Å². The van der Waals surface area contributed by atoms with Crippen molar-refractivity contribution in [3.05, 3.63) is 34.9 Å². The molecule has 0 saturated heterocycles. The summed E-state index contributed by atoms with van der Waals surface area (Å²) in [6.07, 6.45) is 3.57. The molecular weight excluding hydrogens is 280 g/mol. The van der Waals surface area contributed by atoms with Gasteiger partial charge in [0.05, 0.1) is 11.1 Å². The first-order valence-electron chi connectivity index (χ1n) is 6.91. The van der Waals surface area contributed by atoms with Crippen LogP contribution in [0, 0.1) is 17.6 Å². The number of rotatable bonds is 3. The Morgan fingerprint density at radius 3 is 2.14 bits per heavy atom. The van der Waals surface area contributed by atoms with Crippen LogP contribution in [0.1, 0.15) is 53.3 Å². The molecule has 1 aromatic carbocycles. The van der Waals surface area contributed by atoms with E-state index in [9.17, 15) is 18.4 Å². The summed E-state index contributed by atoms with van der Waals surface area (Å²) in [5.74, 6) is -4.05. The maximum Gasteiger partial charge on any atom is 0.336 e. The first-order chi connectivity index (χ1) is 9.88. The van der Waals surface area contributed by atoms with Gasteiger partial charge in [0.2, 0.25) is 0 Å². The van der Waals surface area contributed by atoms with Gasteiger partial charge >= 0.3 is 5.97 Å². The molecule has 1 saturated carbocycles. The lowest BCUT2D eigenvalue weighted by atomic mass is 9.87. The molecule has 1 aliphatic carbocycles. The van der Waals surface area contributed by atoms with E-state index >= 15 is 0 Å². The predicted octanol–water partition coefficient (Wildman–Crippen LogP) is 2.97. The Kier molecular flexibility index (Phi) is 4.55. The summed E-state index contributed by atoms with van der Waals surface area (Å²) in [6, 6.07) is 1.12. The Labute approximate surface area is 121 Å². The zero-order chi connectivity index (χ0) is 15.6. The van der Waals surface area contributed by atoms with Gasteiger partial charge in [-0.05, 0) is 43.7 Å². The minimum atomic E-state index is -1.46. The van der Waals surface area contributed by atoms with Crippen molar-refractivity contribution in [1.29, 1.82) is 0 Å². The first-order valence-corrected chi connectivity index (χ1v) is 6.91. The van der Waals surface area contributed by atoms with Crippen molar-refractivity contribution in [3.8, 4) is 0 Å². The molecule has 1 aromatic rings. The van der Waals surface area contributed by atoms with Crippen LogP contribution in [0.15, 0.2) is 12.1 Å². The average Bonchev–Trinajstić information content (AvgIpc) is 2.43. The minimum Gasteiger partial charge on any atom is -0.478 e. The van der Waals surface area contributed by atoms with Crippen molar-refractivity contribution in [2.45, 2.75) is 38.6 Å². The summed E-state index contributed by atoms with van der Waals surface area (Å²) in [6.45, 7) is 2.13. The topological polar surface area (TPSA) is 66.4 Å². The van der Waals surface area contributed by atoms with Gasteiger partial charge in [-0.2, -0.15) is 0 Å². The number of hydrogen-bond acceptors (Lipinski definition) is 2. The molecule has 0 spiro atoms. The number of carbonyl (C=O) groups is 2. The summed E-state index contributed by atoms with van der Waals surface area (Å²) >= 11 is 0. The monoisotopic (exact) mass is 297 g/mol. The number of benzene rings is 1. The molecule has 114 valence electrons. The molecule has 0 heterocycles. The molecule has 1 aliphatic rings. The number of halogens is 2. The maximum absolute atomic E-state index is 13.3. The predicted molar refractivity (Wildman–Crippen MR) is 72.2 cm³/mol. The largest absolute Gasteiger partial charge is 0.478 e. The SMILES string of the molecule is CC1CCC(NC(=O)c2cc(F)c(F)cc2C(=O)O)CC1. The highest BCUT2D eigenvalue weighted by Crippen LogP contribution is 2.24. The zero-order valence-electron chi connectivity index (χ0n) is 11.7. The molecule has 0 aromatic heterocycles. The molecule has 0 radical (unpaired) electrons. The fourth-order valence-corrected chi connectivity index (χ4v) is 2.58. The molecule has 21 heavy (non-hydrogen) atoms. The molecular formula is C15H17F2NO3. The number of hydrogen-bond donors (Lipinski definition) is 2. The van der Waals surface area contributed by atoms with E-state index in [1.807, 2.05) is 0 Å². The molecule has 0 aliphatic heterocycles. The lowest BCUT2D eigenvalue weighted by Crippen LogP contribution is -2.38. The highest BCUT2D eigenvalue weighted by Gasteiger charge is 2.24. The van der Waals surface area contributed by atoms with Crippen LogP contribution in [0.3, 0.4) is 0 Å². The van der Waals surface area contributed by atoms with Gasteiger partial charge in [-0.3, -0.25) is 4.79 Å². The lowest BCUT2D eigenvalue weighted by Gasteiger charge is -2.27. The van der Waals surface area contributed by atoms with Crippen molar-refractivity contribution < 1.29 is 23.5 Å². The number of aromatic carboxylic acids is 1. The second-order valence-electron chi connectivity index (χ2n) is 5.55. The second kappa shape index (κ2) is 6.20. The van der Waals surface area contributed by atoms with Gasteiger partial charge in [0.25, 0.3) is 5.91 Å².